The quantitative estimate of drug-likeness (QED) is 0.860. The van der Waals surface area contributed by atoms with E-state index in [4.69, 9.17) is 28.3 Å². The molecule has 4 nitrogen and oxygen atoms in total. The lowest BCUT2D eigenvalue weighted by Gasteiger charge is -2.31. The van der Waals surface area contributed by atoms with E-state index in [0.29, 0.717) is 12.1 Å². The Morgan fingerprint density at radius 2 is 1.61 bits per heavy atom. The Kier molecular flexibility index (Phi) is 3.71. The molecule has 0 aliphatic heterocycles. The molecule has 1 rings (SSSR count). The van der Waals surface area contributed by atoms with Gasteiger partial charge >= 0.3 is 6.18 Å². The van der Waals surface area contributed by atoms with Crippen LogP contribution in [0.4, 0.5) is 13.2 Å². The largest absolute Gasteiger partial charge is 0.546 e. The number of hydrogen-bond acceptors (Lipinski definition) is 4. The number of aliphatic carboxylic acids is 1. The van der Waals surface area contributed by atoms with Gasteiger partial charge in [-0.05, 0) is 12.1 Å². The molecule has 0 spiro atoms. The third-order valence-electron chi connectivity index (χ3n) is 2.14. The van der Waals surface area contributed by atoms with Crippen molar-refractivity contribution in [1.29, 1.82) is 0 Å². The van der Waals surface area contributed by atoms with Crippen LogP contribution in [0.5, 0.6) is 5.75 Å². The highest BCUT2D eigenvalue weighted by molar-refractivity contribution is 6.37. The van der Waals surface area contributed by atoms with Crippen molar-refractivity contribution >= 4 is 29.2 Å². The Hall–Kier alpha value is -1.18. The van der Waals surface area contributed by atoms with Gasteiger partial charge in [0, 0.05) is 5.56 Å². The first-order chi connectivity index (χ1) is 8.01. The molecule has 0 saturated heterocycles. The van der Waals surface area contributed by atoms with Crippen LogP contribution in [0.15, 0.2) is 12.1 Å². The normalized spacial score (nSPS) is 15.2. The number of carbonyl (C=O) groups is 1. The number of carbonyl (C=O) groups excluding carboxylic acids is 1. The minimum absolute atomic E-state index is 0.437. The molecule has 9 heteroatoms. The van der Waals surface area contributed by atoms with E-state index in [0.717, 1.165) is 0 Å². The van der Waals surface area contributed by atoms with Crippen LogP contribution in [0.2, 0.25) is 10.0 Å². The molecule has 1 atom stereocenters. The number of halogens is 5. The Morgan fingerprint density at radius 3 is 1.89 bits per heavy atom. The Morgan fingerprint density at radius 1 is 1.22 bits per heavy atom. The van der Waals surface area contributed by atoms with E-state index in [1.165, 1.54) is 0 Å². The van der Waals surface area contributed by atoms with Gasteiger partial charge < -0.3 is 20.1 Å². The lowest BCUT2D eigenvalue weighted by atomic mass is 9.93. The summed E-state index contributed by atoms with van der Waals surface area (Å²) in [7, 11) is 0. The highest BCUT2D eigenvalue weighted by Crippen LogP contribution is 2.43. The van der Waals surface area contributed by atoms with E-state index in [1.807, 2.05) is 0 Å². The number of carboxylic acid groups (broad SMARTS) is 1. The maximum Gasteiger partial charge on any atom is 0.426 e. The molecule has 18 heavy (non-hydrogen) atoms. The van der Waals surface area contributed by atoms with Crippen LogP contribution < -0.4 is 5.11 Å². The fourth-order valence-corrected chi connectivity index (χ4v) is 1.66. The summed E-state index contributed by atoms with van der Waals surface area (Å²) in [5, 5.41) is 27.7. The molecule has 0 fully saturated rings. The minimum atomic E-state index is -5.55. The standard InChI is InChI=1S/C9H5Cl2F3O4/c10-4-1-3(2-5(11)6(4)15)8(18,7(16)17)9(12,13)14/h1-2,15,18H,(H,16,17)/p-1/t8-/m0/s1. The molecule has 0 saturated carbocycles. The van der Waals surface area contributed by atoms with E-state index in [2.05, 4.69) is 0 Å². The number of phenolic OH excluding ortho intramolecular Hbond substituents is 1. The van der Waals surface area contributed by atoms with E-state index >= 15 is 0 Å². The van der Waals surface area contributed by atoms with Crippen LogP contribution in [-0.2, 0) is 10.4 Å². The summed E-state index contributed by atoms with van der Waals surface area (Å²) in [6, 6.07) is 0.873. The number of benzene rings is 1. The highest BCUT2D eigenvalue weighted by atomic mass is 35.5. The number of hydrogen-bond donors (Lipinski definition) is 2. The summed E-state index contributed by atoms with van der Waals surface area (Å²) in [5.74, 6) is -3.52. The predicted octanol–water partition coefficient (Wildman–Crippen LogP) is 1.20. The zero-order valence-corrected chi connectivity index (χ0v) is 9.77. The molecule has 0 heterocycles. The average molecular weight is 304 g/mol. The van der Waals surface area contributed by atoms with Crippen molar-refractivity contribution in [3.8, 4) is 5.75 Å². The first-order valence-corrected chi connectivity index (χ1v) is 4.96. The van der Waals surface area contributed by atoms with Crippen LogP contribution in [0.3, 0.4) is 0 Å². The zero-order chi connectivity index (χ0) is 14.3. The lowest BCUT2D eigenvalue weighted by molar-refractivity contribution is -0.357. The van der Waals surface area contributed by atoms with Gasteiger partial charge in [-0.1, -0.05) is 23.2 Å². The fraction of sp³-hybridized carbons (Fsp3) is 0.222. The van der Waals surface area contributed by atoms with Crippen molar-refractivity contribution in [2.45, 2.75) is 11.8 Å². The van der Waals surface area contributed by atoms with Crippen molar-refractivity contribution in [3.05, 3.63) is 27.7 Å². The monoisotopic (exact) mass is 303 g/mol. The molecule has 0 aromatic heterocycles. The SMILES string of the molecule is O=C([O-])[C@@](O)(c1cc(Cl)c(O)c(Cl)c1)C(F)(F)F. The smallest absolute Gasteiger partial charge is 0.426 e. The second-order valence-electron chi connectivity index (χ2n) is 3.28. The van der Waals surface area contributed by atoms with Crippen LogP contribution in [0.1, 0.15) is 5.56 Å². The summed E-state index contributed by atoms with van der Waals surface area (Å²) < 4.78 is 37.8. The number of phenols is 1. The topological polar surface area (TPSA) is 80.6 Å². The molecule has 2 N–H and O–H groups in total. The van der Waals surface area contributed by atoms with Gasteiger partial charge in [-0.25, -0.2) is 0 Å². The third kappa shape index (κ3) is 2.21. The molecule has 100 valence electrons. The van der Waals surface area contributed by atoms with E-state index in [9.17, 15) is 28.2 Å². The van der Waals surface area contributed by atoms with Gasteiger partial charge in [-0.3, -0.25) is 0 Å². The van der Waals surface area contributed by atoms with Crippen LogP contribution >= 0.6 is 23.2 Å². The zero-order valence-electron chi connectivity index (χ0n) is 8.26. The number of aliphatic hydroxyl groups is 1. The first kappa shape index (κ1) is 14.9. The second-order valence-corrected chi connectivity index (χ2v) is 4.10. The van der Waals surface area contributed by atoms with Gasteiger partial charge in [0.25, 0.3) is 0 Å². The molecule has 0 aliphatic rings. The first-order valence-electron chi connectivity index (χ1n) is 4.21. The van der Waals surface area contributed by atoms with Gasteiger partial charge in [-0.2, -0.15) is 13.2 Å². The summed E-state index contributed by atoms with van der Waals surface area (Å²) >= 11 is 10.7. The van der Waals surface area contributed by atoms with Gasteiger partial charge in [0.15, 0.2) is 5.75 Å². The molecule has 0 unspecified atom stereocenters. The van der Waals surface area contributed by atoms with Crippen molar-refractivity contribution in [2.24, 2.45) is 0 Å². The molecule has 1 aromatic carbocycles. The Labute approximate surface area is 108 Å². The van der Waals surface area contributed by atoms with Crippen molar-refractivity contribution in [2.75, 3.05) is 0 Å². The van der Waals surface area contributed by atoms with Crippen molar-refractivity contribution in [3.63, 3.8) is 0 Å². The molecular weight excluding hydrogens is 300 g/mol. The van der Waals surface area contributed by atoms with Gasteiger partial charge in [0.2, 0.25) is 5.60 Å². The number of alkyl halides is 3. The van der Waals surface area contributed by atoms with Crippen LogP contribution in [0, 0.1) is 0 Å². The van der Waals surface area contributed by atoms with E-state index < -0.39 is 39.1 Å². The summed E-state index contributed by atoms with van der Waals surface area (Å²) in [6.07, 6.45) is -5.55. The summed E-state index contributed by atoms with van der Waals surface area (Å²) in [5.41, 5.74) is -5.43. The van der Waals surface area contributed by atoms with Crippen LogP contribution in [-0.4, -0.2) is 22.4 Å². The van der Waals surface area contributed by atoms with Crippen molar-refractivity contribution < 1.29 is 33.3 Å². The molecule has 0 radical (unpaired) electrons. The van der Waals surface area contributed by atoms with Gasteiger partial charge in [0.1, 0.15) is 0 Å². The minimum Gasteiger partial charge on any atom is -0.546 e. The fourth-order valence-electron chi connectivity index (χ4n) is 1.17. The summed E-state index contributed by atoms with van der Waals surface area (Å²) in [6.45, 7) is 0. The predicted molar refractivity (Wildman–Crippen MR) is 53.1 cm³/mol. The molecule has 0 amide bonds. The van der Waals surface area contributed by atoms with Crippen LogP contribution in [0.25, 0.3) is 0 Å². The Bertz CT molecular complexity index is 480. The summed E-state index contributed by atoms with van der Waals surface area (Å²) in [4.78, 5) is 10.5. The second kappa shape index (κ2) is 4.49. The third-order valence-corrected chi connectivity index (χ3v) is 2.72. The van der Waals surface area contributed by atoms with E-state index in [-0.39, 0.29) is 0 Å². The van der Waals surface area contributed by atoms with Gasteiger partial charge in [0.05, 0.1) is 16.0 Å². The highest BCUT2D eigenvalue weighted by Gasteiger charge is 2.56. The van der Waals surface area contributed by atoms with E-state index in [1.54, 1.807) is 0 Å². The number of rotatable bonds is 2. The van der Waals surface area contributed by atoms with Crippen molar-refractivity contribution in [1.82, 2.24) is 0 Å². The number of aromatic hydroxyl groups is 1. The molecule has 1 aromatic rings. The molecule has 0 bridgehead atoms. The number of carboxylic acids is 1. The molecule has 0 aliphatic carbocycles. The lowest BCUT2D eigenvalue weighted by Crippen LogP contribution is -2.55. The average Bonchev–Trinajstić information content (AvgIpc) is 2.21. The maximum atomic E-state index is 12.6. The van der Waals surface area contributed by atoms with Gasteiger partial charge in [-0.15, -0.1) is 0 Å². The molecular formula is C9H4Cl2F3O4-. The Balaban J connectivity index is 3.56. The maximum absolute atomic E-state index is 12.6.